The van der Waals surface area contributed by atoms with Gasteiger partial charge in [0, 0.05) is 41.3 Å². The van der Waals surface area contributed by atoms with Crippen molar-refractivity contribution in [3.05, 3.63) is 69.7 Å². The third kappa shape index (κ3) is 4.85. The number of carbonyl (C=O) groups excluding carboxylic acids is 1. The summed E-state index contributed by atoms with van der Waals surface area (Å²) in [7, 11) is -3.93. The second-order valence-corrected chi connectivity index (χ2v) is 10.6. The minimum Gasteiger partial charge on any atom is -0.465 e. The molecule has 1 aliphatic rings. The van der Waals surface area contributed by atoms with E-state index < -0.39 is 26.7 Å². The lowest BCUT2D eigenvalue weighted by Gasteiger charge is -2.34. The van der Waals surface area contributed by atoms with Crippen molar-refractivity contribution in [2.24, 2.45) is 0 Å². The van der Waals surface area contributed by atoms with Crippen molar-refractivity contribution in [2.75, 3.05) is 13.2 Å². The number of halogens is 1. The van der Waals surface area contributed by atoms with Gasteiger partial charge in [-0.15, -0.1) is 0 Å². The normalized spacial score (nSPS) is 15.7. The van der Waals surface area contributed by atoms with Gasteiger partial charge >= 0.3 is 5.97 Å². The number of carbonyl (C=O) groups is 1. The van der Waals surface area contributed by atoms with Crippen LogP contribution < -0.4 is 0 Å². The van der Waals surface area contributed by atoms with Crippen LogP contribution >= 0.6 is 0 Å². The molecule has 1 heterocycles. The molecule has 0 amide bonds. The number of benzene rings is 2. The molecule has 11 heteroatoms. The molecule has 0 spiro atoms. The van der Waals surface area contributed by atoms with Crippen molar-refractivity contribution in [2.45, 2.75) is 57.0 Å². The molecule has 4 rings (SSSR count). The molecule has 0 N–H and O–H groups in total. The summed E-state index contributed by atoms with van der Waals surface area (Å²) in [6.45, 7) is 4.14. The second-order valence-electron chi connectivity index (χ2n) is 8.74. The Bertz CT molecular complexity index is 1400. The number of sulfonamides is 1. The first-order valence-corrected chi connectivity index (χ1v) is 13.3. The second kappa shape index (κ2) is 10.4. The number of fused-ring (bicyclic) bond motifs is 3. The van der Waals surface area contributed by atoms with Crippen molar-refractivity contribution in [1.29, 1.82) is 0 Å². The van der Waals surface area contributed by atoms with E-state index in [4.69, 9.17) is 4.74 Å². The van der Waals surface area contributed by atoms with Gasteiger partial charge in [0.05, 0.1) is 16.4 Å². The lowest BCUT2D eigenvalue weighted by Crippen LogP contribution is -2.44. The Kier molecular flexibility index (Phi) is 7.41. The Morgan fingerprint density at radius 2 is 1.94 bits per heavy atom. The van der Waals surface area contributed by atoms with E-state index >= 15 is 0 Å². The van der Waals surface area contributed by atoms with Gasteiger partial charge in [0.25, 0.3) is 5.69 Å². The van der Waals surface area contributed by atoms with Crippen LogP contribution in [0.3, 0.4) is 0 Å². The molecule has 36 heavy (non-hydrogen) atoms. The Morgan fingerprint density at radius 3 is 2.58 bits per heavy atom. The van der Waals surface area contributed by atoms with Crippen molar-refractivity contribution < 1.29 is 27.3 Å². The van der Waals surface area contributed by atoms with Crippen molar-refractivity contribution in [3.63, 3.8) is 0 Å². The number of nitro groups is 1. The van der Waals surface area contributed by atoms with E-state index in [0.29, 0.717) is 36.6 Å². The fourth-order valence-electron chi connectivity index (χ4n) is 4.96. The number of rotatable bonds is 9. The first-order valence-electron chi connectivity index (χ1n) is 11.9. The van der Waals surface area contributed by atoms with Crippen LogP contribution in [0.5, 0.6) is 0 Å². The summed E-state index contributed by atoms with van der Waals surface area (Å²) in [6, 6.07) is 8.89. The lowest BCUT2D eigenvalue weighted by atomic mass is 9.91. The van der Waals surface area contributed by atoms with Crippen LogP contribution in [-0.4, -0.2) is 47.4 Å². The van der Waals surface area contributed by atoms with Crippen molar-refractivity contribution in [1.82, 2.24) is 8.87 Å². The molecule has 3 aromatic rings. The largest absolute Gasteiger partial charge is 0.465 e. The van der Waals surface area contributed by atoms with Gasteiger partial charge in [-0.1, -0.05) is 6.92 Å². The molecule has 0 saturated heterocycles. The highest BCUT2D eigenvalue weighted by atomic mass is 32.2. The Balaban J connectivity index is 1.72. The average molecular weight is 518 g/mol. The van der Waals surface area contributed by atoms with Crippen LogP contribution in [0.25, 0.3) is 10.9 Å². The molecule has 0 fully saturated rings. The standard InChI is InChI=1S/C25H28FN3O6S/c1-3-13-28(36(33,34)20-9-6-18(7-10-20)29(31)32)19-8-12-24-22(15-19)21-14-17(26)5-11-23(21)27(24)16-25(30)35-4-2/h5-7,9-11,14,19H,3-4,8,12-13,15-16H2,1-2H3/t19-/m0/s1. The highest BCUT2D eigenvalue weighted by Gasteiger charge is 2.35. The van der Waals surface area contributed by atoms with E-state index in [1.807, 2.05) is 11.5 Å². The van der Waals surface area contributed by atoms with Gasteiger partial charge < -0.3 is 9.30 Å². The average Bonchev–Trinajstić information content (AvgIpc) is 3.14. The molecule has 0 radical (unpaired) electrons. The maximum Gasteiger partial charge on any atom is 0.325 e. The molecule has 0 unspecified atom stereocenters. The summed E-state index contributed by atoms with van der Waals surface area (Å²) in [5.74, 6) is -0.804. The number of hydrogen-bond donors (Lipinski definition) is 0. The van der Waals surface area contributed by atoms with E-state index in [1.54, 1.807) is 13.0 Å². The van der Waals surface area contributed by atoms with Crippen LogP contribution in [0, 0.1) is 15.9 Å². The van der Waals surface area contributed by atoms with Gasteiger partial charge in [-0.3, -0.25) is 14.9 Å². The zero-order valence-electron chi connectivity index (χ0n) is 20.1. The smallest absolute Gasteiger partial charge is 0.325 e. The molecule has 9 nitrogen and oxygen atoms in total. The number of aromatic nitrogens is 1. The minimum atomic E-state index is -3.93. The van der Waals surface area contributed by atoms with Crippen LogP contribution in [0.15, 0.2) is 47.4 Å². The zero-order chi connectivity index (χ0) is 26.0. The summed E-state index contributed by atoms with van der Waals surface area (Å²) in [4.78, 5) is 22.7. The zero-order valence-corrected chi connectivity index (χ0v) is 21.0. The van der Waals surface area contributed by atoms with Crippen LogP contribution in [0.4, 0.5) is 10.1 Å². The van der Waals surface area contributed by atoms with E-state index in [9.17, 15) is 27.7 Å². The number of nitro benzene ring substituents is 1. The SMILES string of the molecule is CCCN([C@H]1CCc2c(c3cc(F)ccc3n2CC(=O)OCC)C1)S(=O)(=O)c1ccc([N+](=O)[O-])cc1. The summed E-state index contributed by atoms with van der Waals surface area (Å²) in [6.07, 6.45) is 1.96. The number of esters is 1. The van der Waals surface area contributed by atoms with E-state index in [1.165, 1.54) is 40.7 Å². The Morgan fingerprint density at radius 1 is 1.22 bits per heavy atom. The van der Waals surface area contributed by atoms with E-state index in [0.717, 1.165) is 11.3 Å². The molecule has 192 valence electrons. The molecule has 1 aliphatic carbocycles. The summed E-state index contributed by atoms with van der Waals surface area (Å²) < 4.78 is 49.8. The number of hydrogen-bond acceptors (Lipinski definition) is 6. The fourth-order valence-corrected chi connectivity index (χ4v) is 6.71. The van der Waals surface area contributed by atoms with Crippen LogP contribution in [-0.2, 0) is 38.9 Å². The van der Waals surface area contributed by atoms with Crippen LogP contribution in [0.2, 0.25) is 0 Å². The third-order valence-corrected chi connectivity index (χ3v) is 8.47. The molecular weight excluding hydrogens is 489 g/mol. The third-order valence-electron chi connectivity index (χ3n) is 6.50. The topological polar surface area (TPSA) is 112 Å². The van der Waals surface area contributed by atoms with Gasteiger partial charge in [0.2, 0.25) is 10.0 Å². The maximum atomic E-state index is 14.2. The summed E-state index contributed by atoms with van der Waals surface area (Å²) in [5.41, 5.74) is 2.22. The van der Waals surface area contributed by atoms with Crippen LogP contribution in [0.1, 0.15) is 37.9 Å². The monoisotopic (exact) mass is 517 g/mol. The summed E-state index contributed by atoms with van der Waals surface area (Å²) in [5, 5.41) is 11.6. The van der Waals surface area contributed by atoms with Gasteiger partial charge in [0.1, 0.15) is 12.4 Å². The molecule has 2 aromatic carbocycles. The molecule has 0 bridgehead atoms. The molecule has 1 aromatic heterocycles. The lowest BCUT2D eigenvalue weighted by molar-refractivity contribution is -0.384. The Labute approximate surface area is 208 Å². The highest BCUT2D eigenvalue weighted by molar-refractivity contribution is 7.89. The first-order chi connectivity index (χ1) is 17.2. The fraction of sp³-hybridized carbons (Fsp3) is 0.400. The van der Waals surface area contributed by atoms with Gasteiger partial charge in [-0.05, 0) is 68.5 Å². The number of non-ortho nitro benzene ring substituents is 1. The number of nitrogens with zero attached hydrogens (tertiary/aromatic N) is 3. The van der Waals surface area contributed by atoms with E-state index in [-0.39, 0.29) is 36.3 Å². The number of ether oxygens (including phenoxy) is 1. The van der Waals surface area contributed by atoms with Gasteiger partial charge in [0.15, 0.2) is 0 Å². The molecule has 0 aliphatic heterocycles. The highest BCUT2D eigenvalue weighted by Crippen LogP contribution is 2.36. The maximum absolute atomic E-state index is 14.2. The van der Waals surface area contributed by atoms with Gasteiger partial charge in [-0.25, -0.2) is 12.8 Å². The van der Waals surface area contributed by atoms with E-state index in [2.05, 4.69) is 0 Å². The molecule has 1 atom stereocenters. The van der Waals surface area contributed by atoms with Crippen molar-refractivity contribution in [3.8, 4) is 0 Å². The molecule has 0 saturated carbocycles. The summed E-state index contributed by atoms with van der Waals surface area (Å²) >= 11 is 0. The quantitative estimate of drug-likeness (QED) is 0.239. The van der Waals surface area contributed by atoms with Crippen molar-refractivity contribution >= 4 is 32.6 Å². The minimum absolute atomic E-state index is 0.00423. The first kappa shape index (κ1) is 25.8. The predicted octanol–water partition coefficient (Wildman–Crippen LogP) is 4.21. The Hall–Kier alpha value is -3.31. The van der Waals surface area contributed by atoms with Gasteiger partial charge in [-0.2, -0.15) is 4.31 Å². The predicted molar refractivity (Wildman–Crippen MR) is 132 cm³/mol. The molecular formula is C25H28FN3O6S.